The van der Waals surface area contributed by atoms with Crippen molar-refractivity contribution < 1.29 is 9.22 Å². The van der Waals surface area contributed by atoms with E-state index >= 15 is 0 Å². The minimum Gasteiger partial charge on any atom is -0.488 e. The number of likely N-dealkylation sites (N-methyl/N-ethyl adjacent to an activating group) is 1. The summed E-state index contributed by atoms with van der Waals surface area (Å²) in [5.74, 6) is 0.977. The predicted octanol–water partition coefficient (Wildman–Crippen LogP) is 7.26. The Morgan fingerprint density at radius 1 is 0.800 bits per heavy atom. The normalized spacial score (nSPS) is 12.4. The van der Waals surface area contributed by atoms with E-state index in [-0.39, 0.29) is 17.8 Å². The SMILES string of the molecule is CC[N+](CC)(CCOc1ccc(C(C)(C)CC(C)(C)C)cc1)Cc1ccccc1.Cl. The van der Waals surface area contributed by atoms with Crippen LogP contribution in [-0.4, -0.2) is 30.7 Å². The van der Waals surface area contributed by atoms with Gasteiger partial charge < -0.3 is 9.22 Å². The molecule has 2 aromatic carbocycles. The van der Waals surface area contributed by atoms with Gasteiger partial charge in [-0.25, -0.2) is 0 Å². The average molecular weight is 433 g/mol. The molecule has 3 heteroatoms. The van der Waals surface area contributed by atoms with Crippen LogP contribution in [0.25, 0.3) is 0 Å². The van der Waals surface area contributed by atoms with Gasteiger partial charge in [0.1, 0.15) is 25.4 Å². The van der Waals surface area contributed by atoms with E-state index in [1.165, 1.54) is 11.1 Å². The first-order chi connectivity index (χ1) is 13.6. The third-order valence-corrected chi connectivity index (χ3v) is 6.14. The molecule has 0 heterocycles. The standard InChI is InChI=1S/C27H42NO.ClH/c1-8-28(9-2,21-23-13-11-10-12-14-23)19-20-29-25-17-15-24(16-18-25)27(6,7)22-26(3,4)5;/h10-18H,8-9,19-22H2,1-7H3;1H/q+1;. The number of quaternary nitrogens is 1. The van der Waals surface area contributed by atoms with Crippen molar-refractivity contribution in [3.05, 3.63) is 65.7 Å². The minimum atomic E-state index is 0. The number of rotatable bonds is 10. The van der Waals surface area contributed by atoms with Gasteiger partial charge in [0.15, 0.2) is 0 Å². The summed E-state index contributed by atoms with van der Waals surface area (Å²) in [7, 11) is 0. The molecule has 2 aromatic rings. The van der Waals surface area contributed by atoms with Crippen LogP contribution in [0.15, 0.2) is 54.6 Å². The molecule has 0 N–H and O–H groups in total. The fourth-order valence-corrected chi connectivity index (χ4v) is 4.60. The molecular formula is C27H43ClNO+. The van der Waals surface area contributed by atoms with Crippen molar-refractivity contribution >= 4 is 12.4 Å². The molecule has 30 heavy (non-hydrogen) atoms. The second kappa shape index (κ2) is 11.2. The lowest BCUT2D eigenvalue weighted by atomic mass is 9.72. The van der Waals surface area contributed by atoms with E-state index in [4.69, 9.17) is 4.74 Å². The van der Waals surface area contributed by atoms with Crippen molar-refractivity contribution in [2.75, 3.05) is 26.2 Å². The van der Waals surface area contributed by atoms with Crippen LogP contribution in [0, 0.1) is 5.41 Å². The van der Waals surface area contributed by atoms with Crippen LogP contribution in [0.3, 0.4) is 0 Å². The lowest BCUT2D eigenvalue weighted by Crippen LogP contribution is -2.49. The summed E-state index contributed by atoms with van der Waals surface area (Å²) in [4.78, 5) is 0. The van der Waals surface area contributed by atoms with Gasteiger partial charge in [-0.15, -0.1) is 12.4 Å². The van der Waals surface area contributed by atoms with Crippen molar-refractivity contribution in [2.24, 2.45) is 5.41 Å². The molecule has 0 saturated heterocycles. The lowest BCUT2D eigenvalue weighted by molar-refractivity contribution is -0.937. The van der Waals surface area contributed by atoms with Gasteiger partial charge in [-0.2, -0.15) is 0 Å². The molecule has 0 aliphatic heterocycles. The molecular weight excluding hydrogens is 390 g/mol. The monoisotopic (exact) mass is 432 g/mol. The predicted molar refractivity (Wildman–Crippen MR) is 133 cm³/mol. The second-order valence-electron chi connectivity index (χ2n) is 10.3. The van der Waals surface area contributed by atoms with Crippen LogP contribution >= 0.6 is 12.4 Å². The van der Waals surface area contributed by atoms with Crippen molar-refractivity contribution in [3.63, 3.8) is 0 Å². The Labute approximate surface area is 191 Å². The Balaban J connectivity index is 0.00000450. The zero-order valence-corrected chi connectivity index (χ0v) is 21.0. The summed E-state index contributed by atoms with van der Waals surface area (Å²) in [5.41, 5.74) is 3.28. The van der Waals surface area contributed by atoms with E-state index in [0.717, 1.165) is 49.4 Å². The molecule has 0 aromatic heterocycles. The highest BCUT2D eigenvalue weighted by Gasteiger charge is 2.27. The lowest BCUT2D eigenvalue weighted by Gasteiger charge is -2.37. The second-order valence-corrected chi connectivity index (χ2v) is 10.3. The Morgan fingerprint density at radius 2 is 1.37 bits per heavy atom. The van der Waals surface area contributed by atoms with E-state index < -0.39 is 0 Å². The number of nitrogens with zero attached hydrogens (tertiary/aromatic N) is 1. The van der Waals surface area contributed by atoms with Gasteiger partial charge in [0.2, 0.25) is 0 Å². The maximum absolute atomic E-state index is 6.16. The van der Waals surface area contributed by atoms with E-state index in [1.54, 1.807) is 0 Å². The third kappa shape index (κ3) is 7.96. The smallest absolute Gasteiger partial charge is 0.137 e. The summed E-state index contributed by atoms with van der Waals surface area (Å²) in [6.07, 6.45) is 1.16. The molecule has 0 bridgehead atoms. The Bertz CT molecular complexity index is 728. The fraction of sp³-hybridized carbons (Fsp3) is 0.556. The van der Waals surface area contributed by atoms with Gasteiger partial charge in [0.05, 0.1) is 13.1 Å². The largest absolute Gasteiger partial charge is 0.488 e. The summed E-state index contributed by atoms with van der Waals surface area (Å²) in [5, 5.41) is 0. The first-order valence-corrected chi connectivity index (χ1v) is 11.2. The van der Waals surface area contributed by atoms with Crippen molar-refractivity contribution in [2.45, 2.75) is 66.8 Å². The highest BCUT2D eigenvalue weighted by atomic mass is 35.5. The molecule has 0 amide bonds. The van der Waals surface area contributed by atoms with Crippen LogP contribution in [-0.2, 0) is 12.0 Å². The number of halogens is 1. The molecule has 0 aliphatic rings. The van der Waals surface area contributed by atoms with Gasteiger partial charge in [0.25, 0.3) is 0 Å². The summed E-state index contributed by atoms with van der Waals surface area (Å²) in [6.45, 7) is 21.3. The Hall–Kier alpha value is -1.51. The highest BCUT2D eigenvalue weighted by molar-refractivity contribution is 5.85. The topological polar surface area (TPSA) is 9.23 Å². The zero-order chi connectivity index (χ0) is 21.5. The van der Waals surface area contributed by atoms with Gasteiger partial charge in [-0.1, -0.05) is 77.1 Å². The van der Waals surface area contributed by atoms with E-state index in [1.807, 2.05) is 0 Å². The van der Waals surface area contributed by atoms with Crippen molar-refractivity contribution in [1.29, 1.82) is 0 Å². The van der Waals surface area contributed by atoms with Crippen LogP contribution in [0.4, 0.5) is 0 Å². The average Bonchev–Trinajstić information content (AvgIpc) is 2.66. The Morgan fingerprint density at radius 3 is 1.87 bits per heavy atom. The Kier molecular flexibility index (Phi) is 9.91. The summed E-state index contributed by atoms with van der Waals surface area (Å²) >= 11 is 0. The first kappa shape index (κ1) is 26.5. The highest BCUT2D eigenvalue weighted by Crippen LogP contribution is 2.36. The van der Waals surface area contributed by atoms with Crippen LogP contribution in [0.2, 0.25) is 0 Å². The summed E-state index contributed by atoms with van der Waals surface area (Å²) in [6, 6.07) is 19.6. The molecule has 0 unspecified atom stereocenters. The third-order valence-electron chi connectivity index (χ3n) is 6.14. The van der Waals surface area contributed by atoms with Crippen molar-refractivity contribution in [3.8, 4) is 5.75 Å². The van der Waals surface area contributed by atoms with Gasteiger partial charge >= 0.3 is 0 Å². The van der Waals surface area contributed by atoms with Crippen molar-refractivity contribution in [1.82, 2.24) is 0 Å². The molecule has 0 aliphatic carbocycles. The van der Waals surface area contributed by atoms with E-state index in [0.29, 0.717) is 5.41 Å². The molecule has 0 saturated carbocycles. The van der Waals surface area contributed by atoms with E-state index in [9.17, 15) is 0 Å². The van der Waals surface area contributed by atoms with Crippen LogP contribution in [0.5, 0.6) is 5.75 Å². The molecule has 2 nitrogen and oxygen atoms in total. The number of benzene rings is 2. The molecule has 2 rings (SSSR count). The van der Waals surface area contributed by atoms with E-state index in [2.05, 4.69) is 103 Å². The molecule has 0 fully saturated rings. The zero-order valence-electron chi connectivity index (χ0n) is 20.2. The maximum Gasteiger partial charge on any atom is 0.137 e. The van der Waals surface area contributed by atoms with Gasteiger partial charge in [-0.3, -0.25) is 0 Å². The van der Waals surface area contributed by atoms with Gasteiger partial charge in [0, 0.05) is 5.56 Å². The first-order valence-electron chi connectivity index (χ1n) is 11.2. The molecule has 168 valence electrons. The van der Waals surface area contributed by atoms with Crippen LogP contribution in [0.1, 0.15) is 66.0 Å². The maximum atomic E-state index is 6.16. The molecule has 0 atom stereocenters. The quantitative estimate of drug-likeness (QED) is 0.359. The number of ether oxygens (including phenoxy) is 1. The molecule has 0 radical (unpaired) electrons. The number of hydrogen-bond acceptors (Lipinski definition) is 1. The van der Waals surface area contributed by atoms with Gasteiger partial charge in [-0.05, 0) is 48.8 Å². The minimum absolute atomic E-state index is 0. The van der Waals surface area contributed by atoms with Crippen LogP contribution < -0.4 is 4.74 Å². The number of hydrogen-bond donors (Lipinski definition) is 0. The molecule has 0 spiro atoms. The summed E-state index contributed by atoms with van der Waals surface area (Å²) < 4.78 is 7.21. The fourth-order valence-electron chi connectivity index (χ4n) is 4.60.